The molecule has 0 radical (unpaired) electrons. The van der Waals surface area contributed by atoms with E-state index in [1.54, 1.807) is 9.80 Å². The minimum Gasteiger partial charge on any atom is -0.490 e. The van der Waals surface area contributed by atoms with Crippen LogP contribution < -0.4 is 10.1 Å². The van der Waals surface area contributed by atoms with E-state index < -0.39 is 17.6 Å². The molecule has 2 unspecified atom stereocenters. The summed E-state index contributed by atoms with van der Waals surface area (Å²) in [6, 6.07) is 1.99. The van der Waals surface area contributed by atoms with Crippen LogP contribution in [0.4, 0.5) is 22.4 Å². The van der Waals surface area contributed by atoms with Crippen LogP contribution in [0.15, 0.2) is 18.2 Å². The van der Waals surface area contributed by atoms with E-state index in [2.05, 4.69) is 5.32 Å². The third-order valence-electron chi connectivity index (χ3n) is 6.93. The maximum absolute atomic E-state index is 13.9. The molecular weight excluding hydrogens is 434 g/mol. The van der Waals surface area contributed by atoms with Gasteiger partial charge >= 0.3 is 12.2 Å². The summed E-state index contributed by atoms with van der Waals surface area (Å²) >= 11 is 0. The van der Waals surface area contributed by atoms with Crippen LogP contribution in [0.25, 0.3) is 0 Å². The zero-order chi connectivity index (χ0) is 22.6. The number of morpholine rings is 1. The molecular formula is C21H23F4N3O4. The summed E-state index contributed by atoms with van der Waals surface area (Å²) in [7, 11) is 0. The minimum atomic E-state index is -4.60. The molecule has 3 saturated heterocycles. The van der Waals surface area contributed by atoms with E-state index in [0.29, 0.717) is 38.7 Å². The van der Waals surface area contributed by atoms with Gasteiger partial charge in [0.05, 0.1) is 24.3 Å². The van der Waals surface area contributed by atoms with Crippen molar-refractivity contribution in [3.8, 4) is 5.75 Å². The summed E-state index contributed by atoms with van der Waals surface area (Å²) in [6.07, 6.45) is -3.99. The number of likely N-dealkylation sites (tertiary alicyclic amines) is 2. The number of piperidine rings is 2. The van der Waals surface area contributed by atoms with Crippen LogP contribution in [0.3, 0.4) is 0 Å². The second kappa shape index (κ2) is 7.79. The Labute approximate surface area is 181 Å². The van der Waals surface area contributed by atoms with E-state index in [4.69, 9.17) is 9.47 Å². The smallest absolute Gasteiger partial charge is 0.416 e. The third kappa shape index (κ3) is 3.98. The van der Waals surface area contributed by atoms with Crippen LogP contribution >= 0.6 is 0 Å². The van der Waals surface area contributed by atoms with Crippen molar-refractivity contribution >= 4 is 11.9 Å². The molecule has 7 nitrogen and oxygen atoms in total. The first-order valence-electron chi connectivity index (χ1n) is 10.6. The zero-order valence-corrected chi connectivity index (χ0v) is 17.1. The number of urea groups is 1. The fourth-order valence-electron chi connectivity index (χ4n) is 5.11. The molecule has 174 valence electrons. The van der Waals surface area contributed by atoms with Crippen LogP contribution in [-0.4, -0.2) is 73.3 Å². The number of hydrogen-bond acceptors (Lipinski definition) is 4. The lowest BCUT2D eigenvalue weighted by atomic mass is 10.0. The fourth-order valence-corrected chi connectivity index (χ4v) is 5.11. The summed E-state index contributed by atoms with van der Waals surface area (Å²) in [4.78, 5) is 28.0. The van der Waals surface area contributed by atoms with E-state index in [-0.39, 0.29) is 60.8 Å². The first kappa shape index (κ1) is 21.3. The van der Waals surface area contributed by atoms with Gasteiger partial charge in [-0.3, -0.25) is 4.79 Å². The van der Waals surface area contributed by atoms with Crippen molar-refractivity contribution in [3.05, 3.63) is 29.6 Å². The lowest BCUT2D eigenvalue weighted by Crippen LogP contribution is -2.62. The van der Waals surface area contributed by atoms with E-state index in [1.807, 2.05) is 0 Å². The van der Waals surface area contributed by atoms with Crippen molar-refractivity contribution in [3.63, 3.8) is 0 Å². The Balaban J connectivity index is 1.10. The number of halogens is 4. The molecule has 1 aliphatic carbocycles. The summed E-state index contributed by atoms with van der Waals surface area (Å²) in [5.41, 5.74) is -1.05. The molecule has 32 heavy (non-hydrogen) atoms. The van der Waals surface area contributed by atoms with Gasteiger partial charge in [0.15, 0.2) is 11.6 Å². The standard InChI is InChI=1S/C21H23F4N3O4/c22-15-5-11(21(23,24)25)1-2-17(15)31-9-14-12-6-28(7-13(12)14)20(30)27-4-3-18-16(8-27)26-19(29)10-32-18/h1-2,5,12-14,16,18H,3-4,6-10H2,(H,26,29)/t12?,13?,14?,16-,18+/m1/s1. The molecule has 1 aromatic rings. The Morgan fingerprint density at radius 2 is 1.94 bits per heavy atom. The SMILES string of the molecule is O=C1CO[C@H]2CCN(C(=O)N3CC4C(COc5ccc(C(F)(F)F)cc5F)C4C3)C[C@H]2N1. The average Bonchev–Trinajstić information content (AvgIpc) is 3.19. The number of nitrogens with zero attached hydrogens (tertiary/aromatic N) is 2. The number of benzene rings is 1. The largest absolute Gasteiger partial charge is 0.490 e. The highest BCUT2D eigenvalue weighted by atomic mass is 19.4. The molecule has 5 rings (SSSR count). The van der Waals surface area contributed by atoms with Crippen LogP contribution in [0.2, 0.25) is 0 Å². The van der Waals surface area contributed by atoms with Crippen molar-refractivity contribution in [1.82, 2.24) is 15.1 Å². The third-order valence-corrected chi connectivity index (χ3v) is 6.93. The van der Waals surface area contributed by atoms with Gasteiger partial charge in [0.1, 0.15) is 6.61 Å². The van der Waals surface area contributed by atoms with E-state index in [1.165, 1.54) is 0 Å². The van der Waals surface area contributed by atoms with Crippen LogP contribution in [-0.2, 0) is 15.7 Å². The second-order valence-corrected chi connectivity index (χ2v) is 8.89. The first-order chi connectivity index (χ1) is 15.2. The number of fused-ring (bicyclic) bond motifs is 2. The number of nitrogens with one attached hydrogen (secondary N) is 1. The quantitative estimate of drug-likeness (QED) is 0.706. The Bertz CT molecular complexity index is 915. The molecule has 3 heterocycles. The number of amides is 3. The normalized spacial score (nSPS) is 31.6. The summed E-state index contributed by atoms with van der Waals surface area (Å²) in [5.74, 6) is -0.772. The molecule has 3 amide bonds. The summed E-state index contributed by atoms with van der Waals surface area (Å²) in [6.45, 7) is 2.39. The van der Waals surface area contributed by atoms with Gasteiger partial charge in [0, 0.05) is 32.1 Å². The Kier molecular flexibility index (Phi) is 5.18. The molecule has 0 spiro atoms. The topological polar surface area (TPSA) is 71.1 Å². The molecule has 3 aliphatic heterocycles. The molecule has 11 heteroatoms. The lowest BCUT2D eigenvalue weighted by Gasteiger charge is -2.42. The van der Waals surface area contributed by atoms with Gasteiger partial charge in [-0.1, -0.05) is 0 Å². The molecule has 4 atom stereocenters. The highest BCUT2D eigenvalue weighted by Gasteiger charge is 2.57. The van der Waals surface area contributed by atoms with Gasteiger partial charge in [-0.2, -0.15) is 13.2 Å². The van der Waals surface area contributed by atoms with Crippen molar-refractivity contribution in [2.45, 2.75) is 24.7 Å². The summed E-state index contributed by atoms with van der Waals surface area (Å²) < 4.78 is 62.8. The van der Waals surface area contributed by atoms with Crippen molar-refractivity contribution in [2.24, 2.45) is 17.8 Å². The van der Waals surface area contributed by atoms with Gasteiger partial charge in [0.2, 0.25) is 5.91 Å². The molecule has 0 bridgehead atoms. The van der Waals surface area contributed by atoms with Gasteiger partial charge in [0.25, 0.3) is 0 Å². The van der Waals surface area contributed by atoms with Crippen LogP contribution in [0.1, 0.15) is 12.0 Å². The Morgan fingerprint density at radius 1 is 1.19 bits per heavy atom. The molecule has 1 saturated carbocycles. The number of carbonyl (C=O) groups is 2. The Hall–Kier alpha value is -2.56. The number of carbonyl (C=O) groups excluding carboxylic acids is 2. The highest BCUT2D eigenvalue weighted by Crippen LogP contribution is 2.52. The van der Waals surface area contributed by atoms with Crippen molar-refractivity contribution in [2.75, 3.05) is 39.4 Å². The van der Waals surface area contributed by atoms with Crippen molar-refractivity contribution < 1.29 is 36.6 Å². The number of rotatable bonds is 3. The van der Waals surface area contributed by atoms with Crippen LogP contribution in [0, 0.1) is 23.6 Å². The van der Waals surface area contributed by atoms with Gasteiger partial charge in [-0.15, -0.1) is 0 Å². The monoisotopic (exact) mass is 457 g/mol. The van der Waals surface area contributed by atoms with E-state index in [9.17, 15) is 27.2 Å². The number of hydrogen-bond donors (Lipinski definition) is 1. The van der Waals surface area contributed by atoms with Gasteiger partial charge < -0.3 is 24.6 Å². The maximum atomic E-state index is 13.9. The zero-order valence-electron chi connectivity index (χ0n) is 17.1. The molecule has 1 aromatic carbocycles. The van der Waals surface area contributed by atoms with Crippen molar-refractivity contribution in [1.29, 1.82) is 0 Å². The predicted molar refractivity (Wildman–Crippen MR) is 102 cm³/mol. The number of alkyl halides is 3. The van der Waals surface area contributed by atoms with E-state index in [0.717, 1.165) is 12.1 Å². The molecule has 4 fully saturated rings. The highest BCUT2D eigenvalue weighted by molar-refractivity contribution is 5.79. The molecule has 1 N–H and O–H groups in total. The summed E-state index contributed by atoms with van der Waals surface area (Å²) in [5, 5.41) is 2.88. The fraction of sp³-hybridized carbons (Fsp3) is 0.619. The lowest BCUT2D eigenvalue weighted by molar-refractivity contribution is -0.140. The van der Waals surface area contributed by atoms with Gasteiger partial charge in [-0.25, -0.2) is 9.18 Å². The number of ether oxygens (including phenoxy) is 2. The Morgan fingerprint density at radius 3 is 2.62 bits per heavy atom. The molecule has 0 aromatic heterocycles. The van der Waals surface area contributed by atoms with Crippen LogP contribution in [0.5, 0.6) is 5.75 Å². The van der Waals surface area contributed by atoms with E-state index >= 15 is 0 Å². The van der Waals surface area contributed by atoms with Gasteiger partial charge in [-0.05, 0) is 36.5 Å². The minimum absolute atomic E-state index is 0.0594. The second-order valence-electron chi connectivity index (χ2n) is 8.89. The maximum Gasteiger partial charge on any atom is 0.416 e. The average molecular weight is 457 g/mol. The first-order valence-corrected chi connectivity index (χ1v) is 10.6. The predicted octanol–water partition coefficient (Wildman–Crippen LogP) is 2.11. The molecule has 4 aliphatic rings.